The number of benzene rings is 1. The first kappa shape index (κ1) is 21.3. The lowest BCUT2D eigenvalue weighted by Gasteiger charge is -2.28. The molecule has 1 aliphatic rings. The van der Waals surface area contributed by atoms with Gasteiger partial charge in [0.15, 0.2) is 0 Å². The van der Waals surface area contributed by atoms with Crippen molar-refractivity contribution in [2.45, 2.75) is 38.1 Å². The first-order chi connectivity index (χ1) is 14.7. The van der Waals surface area contributed by atoms with Crippen LogP contribution in [0.3, 0.4) is 0 Å². The summed E-state index contributed by atoms with van der Waals surface area (Å²) < 4.78 is 51.5. The molecule has 3 heterocycles. The van der Waals surface area contributed by atoms with Crippen LogP contribution in [0.5, 0.6) is 5.75 Å². The van der Waals surface area contributed by atoms with E-state index in [1.54, 1.807) is 25.1 Å². The van der Waals surface area contributed by atoms with Gasteiger partial charge in [-0.15, -0.1) is 10.2 Å². The minimum absolute atomic E-state index is 0.0301. The lowest BCUT2D eigenvalue weighted by atomic mass is 10.0. The summed E-state index contributed by atoms with van der Waals surface area (Å²) in [7, 11) is 1.40. The number of methoxy groups -OCH3 is 1. The van der Waals surface area contributed by atoms with E-state index in [0.717, 1.165) is 0 Å². The molecule has 1 fully saturated rings. The Morgan fingerprint density at radius 2 is 2.10 bits per heavy atom. The molecule has 11 heteroatoms. The summed E-state index contributed by atoms with van der Waals surface area (Å²) in [5.74, 6) is 0.618. The second-order valence-corrected chi connectivity index (χ2v) is 7.45. The van der Waals surface area contributed by atoms with Gasteiger partial charge in [0.25, 0.3) is 0 Å². The molecular weight excluding hydrogens is 415 g/mol. The van der Waals surface area contributed by atoms with E-state index >= 15 is 0 Å². The van der Waals surface area contributed by atoms with E-state index in [1.807, 2.05) is 0 Å². The molecule has 0 amide bonds. The molecule has 8 nitrogen and oxygen atoms in total. The zero-order chi connectivity index (χ0) is 22.2. The molecule has 0 unspecified atom stereocenters. The largest absolute Gasteiger partial charge is 0.497 e. The van der Waals surface area contributed by atoms with Gasteiger partial charge >= 0.3 is 6.18 Å². The number of ether oxygens (including phenoxy) is 2. The molecule has 2 aromatic heterocycles. The Bertz CT molecular complexity index is 1090. The summed E-state index contributed by atoms with van der Waals surface area (Å²) in [6, 6.07) is 5.91. The third-order valence-corrected chi connectivity index (χ3v) is 5.12. The number of nitrogens with zero attached hydrogens (tertiary/aromatic N) is 4. The van der Waals surface area contributed by atoms with Crippen LogP contribution < -0.4 is 10.1 Å². The minimum atomic E-state index is -4.40. The quantitative estimate of drug-likeness (QED) is 0.634. The number of anilines is 1. The lowest BCUT2D eigenvalue weighted by molar-refractivity contribution is -0.127. The fraction of sp³-hybridized carbons (Fsp3) is 0.450. The number of aryl methyl sites for hydroxylation is 1. The van der Waals surface area contributed by atoms with Crippen LogP contribution in [0, 0.1) is 6.92 Å². The minimum Gasteiger partial charge on any atom is -0.497 e. The van der Waals surface area contributed by atoms with Crippen LogP contribution in [0.25, 0.3) is 16.8 Å². The van der Waals surface area contributed by atoms with Gasteiger partial charge in [-0.05, 0) is 43.2 Å². The molecule has 0 aliphatic carbocycles. The molecule has 4 rings (SSSR count). The lowest BCUT2D eigenvalue weighted by Crippen LogP contribution is -2.42. The second-order valence-electron chi connectivity index (χ2n) is 7.45. The standard InChI is InChI=1S/C20H22F3N5O3/c1-11-7-16-18(14-4-3-13(30-2)8-12(14)9-20(21,22)23)25-26-19(28(16)27-11)24-15-5-6-31-10-17(15)29/h3-4,7-8,15,17,29H,5-6,9-10H2,1-2H3,(H,24,26)/t15-,17-/m1/s1. The van der Waals surface area contributed by atoms with Gasteiger partial charge in [-0.3, -0.25) is 0 Å². The molecule has 1 saturated heterocycles. The number of hydrogen-bond acceptors (Lipinski definition) is 7. The molecule has 3 aromatic rings. The molecule has 0 bridgehead atoms. The maximum Gasteiger partial charge on any atom is 0.393 e. The molecule has 0 saturated carbocycles. The maximum atomic E-state index is 13.2. The smallest absolute Gasteiger partial charge is 0.393 e. The number of fused-ring (bicyclic) bond motifs is 1. The molecular formula is C20H22F3N5O3. The van der Waals surface area contributed by atoms with E-state index in [4.69, 9.17) is 9.47 Å². The van der Waals surface area contributed by atoms with Crippen LogP contribution in [0.1, 0.15) is 17.7 Å². The zero-order valence-corrected chi connectivity index (χ0v) is 17.0. The Morgan fingerprint density at radius 1 is 1.29 bits per heavy atom. The number of aliphatic hydroxyl groups excluding tert-OH is 1. The molecule has 1 aromatic carbocycles. The van der Waals surface area contributed by atoms with Gasteiger partial charge in [-0.25, -0.2) is 0 Å². The van der Waals surface area contributed by atoms with Crippen molar-refractivity contribution in [1.82, 2.24) is 19.8 Å². The molecule has 2 N–H and O–H groups in total. The summed E-state index contributed by atoms with van der Waals surface area (Å²) in [5.41, 5.74) is 1.76. The van der Waals surface area contributed by atoms with Crippen molar-refractivity contribution in [3.63, 3.8) is 0 Å². The number of nitrogens with one attached hydrogen (secondary N) is 1. The molecule has 0 radical (unpaired) electrons. The molecule has 0 spiro atoms. The Kier molecular flexibility index (Phi) is 5.71. The maximum absolute atomic E-state index is 13.2. The summed E-state index contributed by atoms with van der Waals surface area (Å²) in [6.45, 7) is 2.47. The van der Waals surface area contributed by atoms with Crippen molar-refractivity contribution >= 4 is 11.5 Å². The number of aromatic nitrogens is 4. The second kappa shape index (κ2) is 8.31. The Balaban J connectivity index is 1.79. The van der Waals surface area contributed by atoms with Crippen LogP contribution >= 0.6 is 0 Å². The number of rotatable bonds is 5. The Hall–Kier alpha value is -2.92. The van der Waals surface area contributed by atoms with E-state index in [0.29, 0.717) is 41.5 Å². The summed E-state index contributed by atoms with van der Waals surface area (Å²) in [6.07, 6.45) is -5.68. The van der Waals surface area contributed by atoms with E-state index in [9.17, 15) is 18.3 Å². The van der Waals surface area contributed by atoms with Crippen molar-refractivity contribution in [3.8, 4) is 17.0 Å². The highest BCUT2D eigenvalue weighted by molar-refractivity contribution is 5.80. The number of alkyl halides is 3. The number of hydrogen-bond donors (Lipinski definition) is 2. The highest BCUT2D eigenvalue weighted by Gasteiger charge is 2.31. The van der Waals surface area contributed by atoms with Gasteiger partial charge < -0.3 is 19.9 Å². The average Bonchev–Trinajstić information content (AvgIpc) is 3.11. The topological polar surface area (TPSA) is 93.8 Å². The van der Waals surface area contributed by atoms with Crippen LogP contribution in [0.2, 0.25) is 0 Å². The van der Waals surface area contributed by atoms with Crippen molar-refractivity contribution in [2.24, 2.45) is 0 Å². The van der Waals surface area contributed by atoms with Gasteiger partial charge in [-0.2, -0.15) is 22.8 Å². The first-order valence-corrected chi connectivity index (χ1v) is 9.74. The summed E-state index contributed by atoms with van der Waals surface area (Å²) >= 11 is 0. The molecule has 2 atom stereocenters. The number of halogens is 3. The number of aliphatic hydroxyl groups is 1. The van der Waals surface area contributed by atoms with Crippen LogP contribution in [-0.2, 0) is 11.2 Å². The monoisotopic (exact) mass is 437 g/mol. The zero-order valence-electron chi connectivity index (χ0n) is 17.0. The van der Waals surface area contributed by atoms with Gasteiger partial charge in [0.2, 0.25) is 5.95 Å². The van der Waals surface area contributed by atoms with E-state index < -0.39 is 18.7 Å². The van der Waals surface area contributed by atoms with E-state index in [2.05, 4.69) is 20.6 Å². The SMILES string of the molecule is COc1ccc(-c2nnc(N[C@@H]3CCOC[C@H]3O)n3nc(C)cc23)c(CC(F)(F)F)c1. The van der Waals surface area contributed by atoms with E-state index in [-0.39, 0.29) is 23.9 Å². The van der Waals surface area contributed by atoms with Gasteiger partial charge in [0.05, 0.1) is 43.5 Å². The van der Waals surface area contributed by atoms with Crippen molar-refractivity contribution in [3.05, 3.63) is 35.5 Å². The van der Waals surface area contributed by atoms with Crippen molar-refractivity contribution in [1.29, 1.82) is 0 Å². The predicted molar refractivity (Wildman–Crippen MR) is 106 cm³/mol. The average molecular weight is 437 g/mol. The fourth-order valence-corrected chi connectivity index (χ4v) is 3.65. The van der Waals surface area contributed by atoms with Crippen LogP contribution in [0.4, 0.5) is 19.1 Å². The third kappa shape index (κ3) is 4.57. The van der Waals surface area contributed by atoms with Crippen molar-refractivity contribution < 1.29 is 27.8 Å². The first-order valence-electron chi connectivity index (χ1n) is 9.74. The Labute approximate surface area is 176 Å². The normalized spacial score (nSPS) is 19.5. The molecule has 31 heavy (non-hydrogen) atoms. The fourth-order valence-electron chi connectivity index (χ4n) is 3.65. The molecule has 1 aliphatic heterocycles. The van der Waals surface area contributed by atoms with Crippen molar-refractivity contribution in [2.75, 3.05) is 25.6 Å². The van der Waals surface area contributed by atoms with Crippen LogP contribution in [0.15, 0.2) is 24.3 Å². The highest BCUT2D eigenvalue weighted by atomic mass is 19.4. The van der Waals surface area contributed by atoms with Gasteiger partial charge in [-0.1, -0.05) is 0 Å². The van der Waals surface area contributed by atoms with E-state index in [1.165, 1.54) is 17.7 Å². The van der Waals surface area contributed by atoms with Crippen LogP contribution in [-0.4, -0.2) is 63.6 Å². The summed E-state index contributed by atoms with van der Waals surface area (Å²) in [4.78, 5) is 0. The summed E-state index contributed by atoms with van der Waals surface area (Å²) in [5, 5.41) is 26.1. The Morgan fingerprint density at radius 3 is 2.81 bits per heavy atom. The highest BCUT2D eigenvalue weighted by Crippen LogP contribution is 2.34. The predicted octanol–water partition coefficient (Wildman–Crippen LogP) is 2.77. The van der Waals surface area contributed by atoms with Gasteiger partial charge in [0, 0.05) is 12.2 Å². The van der Waals surface area contributed by atoms with Gasteiger partial charge in [0.1, 0.15) is 11.4 Å². The third-order valence-electron chi connectivity index (χ3n) is 5.12. The molecule has 166 valence electrons.